The van der Waals surface area contributed by atoms with Crippen molar-refractivity contribution >= 4 is 16.0 Å². The van der Waals surface area contributed by atoms with E-state index in [-0.39, 0.29) is 11.8 Å². The van der Waals surface area contributed by atoms with E-state index in [1.165, 1.54) is 0 Å². The molecule has 1 fully saturated rings. The van der Waals surface area contributed by atoms with E-state index in [2.05, 4.69) is 27.5 Å². The summed E-state index contributed by atoms with van der Waals surface area (Å²) < 4.78 is 31.4. The lowest BCUT2D eigenvalue weighted by Crippen LogP contribution is -2.49. The van der Waals surface area contributed by atoms with Crippen LogP contribution in [0.3, 0.4) is 0 Å². The molecule has 9 heteroatoms. The first-order chi connectivity index (χ1) is 13.5. The molecular formula is C19H33N5O3S. The normalized spacial score (nSPS) is 16.8. The van der Waals surface area contributed by atoms with Crippen LogP contribution >= 0.6 is 0 Å². The number of hydrogen-bond donors (Lipinski definition) is 2. The van der Waals surface area contributed by atoms with Crippen molar-refractivity contribution in [1.82, 2.24) is 19.9 Å². The molecule has 8 nitrogen and oxygen atoms in total. The quantitative estimate of drug-likeness (QED) is 0.475. The number of nitrogens with zero attached hydrogens (tertiary/aromatic N) is 3. The summed E-state index contributed by atoms with van der Waals surface area (Å²) in [6, 6.07) is 4.06. The number of pyridine rings is 1. The molecule has 158 valence electrons. The minimum atomic E-state index is -3.10. The first kappa shape index (κ1) is 22.4. The summed E-state index contributed by atoms with van der Waals surface area (Å²) >= 11 is 0. The summed E-state index contributed by atoms with van der Waals surface area (Å²) in [4.78, 5) is 8.57. The summed E-state index contributed by atoms with van der Waals surface area (Å²) in [7, 11) is -1.37. The predicted molar refractivity (Wildman–Crippen MR) is 112 cm³/mol. The Morgan fingerprint density at radius 3 is 2.61 bits per heavy atom. The summed E-state index contributed by atoms with van der Waals surface area (Å²) in [6.07, 6.45) is 4.94. The van der Waals surface area contributed by atoms with Crippen molar-refractivity contribution in [3.05, 3.63) is 23.9 Å². The molecule has 28 heavy (non-hydrogen) atoms. The predicted octanol–water partition coefficient (Wildman–Crippen LogP) is 1.74. The molecule has 0 unspecified atom stereocenters. The Kier molecular flexibility index (Phi) is 8.98. The van der Waals surface area contributed by atoms with Crippen LogP contribution in [0, 0.1) is 0 Å². The molecule has 2 N–H and O–H groups in total. The van der Waals surface area contributed by atoms with E-state index in [9.17, 15) is 8.42 Å². The lowest BCUT2D eigenvalue weighted by atomic mass is 10.1. The second-order valence-electron chi connectivity index (χ2n) is 6.91. The van der Waals surface area contributed by atoms with Crippen LogP contribution in [0.15, 0.2) is 23.3 Å². The number of sulfonamides is 1. The van der Waals surface area contributed by atoms with Gasteiger partial charge in [0.25, 0.3) is 0 Å². The van der Waals surface area contributed by atoms with Crippen LogP contribution in [0.2, 0.25) is 0 Å². The molecule has 2 heterocycles. The van der Waals surface area contributed by atoms with E-state index in [1.54, 1.807) is 17.5 Å². The average Bonchev–Trinajstić information content (AvgIpc) is 2.70. The van der Waals surface area contributed by atoms with Gasteiger partial charge in [0.15, 0.2) is 5.96 Å². The average molecular weight is 412 g/mol. The van der Waals surface area contributed by atoms with Crippen molar-refractivity contribution in [2.75, 3.05) is 32.5 Å². The zero-order chi connectivity index (χ0) is 20.4. The van der Waals surface area contributed by atoms with Crippen molar-refractivity contribution in [2.45, 2.75) is 52.1 Å². The van der Waals surface area contributed by atoms with Crippen LogP contribution in [-0.2, 0) is 16.6 Å². The van der Waals surface area contributed by atoms with Gasteiger partial charge in [0, 0.05) is 45.0 Å². The van der Waals surface area contributed by atoms with Crippen molar-refractivity contribution < 1.29 is 13.2 Å². The van der Waals surface area contributed by atoms with Crippen molar-refractivity contribution in [3.8, 4) is 5.88 Å². The molecule has 1 aliphatic heterocycles. The molecule has 1 saturated heterocycles. The van der Waals surface area contributed by atoms with Crippen LogP contribution < -0.4 is 15.4 Å². The topological polar surface area (TPSA) is 95.9 Å². The van der Waals surface area contributed by atoms with Crippen LogP contribution in [-0.4, -0.2) is 62.2 Å². The van der Waals surface area contributed by atoms with E-state index in [0.29, 0.717) is 44.5 Å². The maximum atomic E-state index is 12.2. The number of nitrogens with one attached hydrogen (secondary N) is 2. The van der Waals surface area contributed by atoms with Crippen molar-refractivity contribution in [3.63, 3.8) is 0 Å². The van der Waals surface area contributed by atoms with Crippen LogP contribution in [0.5, 0.6) is 5.88 Å². The molecule has 0 bridgehead atoms. The highest BCUT2D eigenvalue weighted by molar-refractivity contribution is 7.89. The Hall–Kier alpha value is -1.87. The molecule has 0 spiro atoms. The highest BCUT2D eigenvalue weighted by Crippen LogP contribution is 2.15. The van der Waals surface area contributed by atoms with E-state index < -0.39 is 10.0 Å². The van der Waals surface area contributed by atoms with E-state index in [4.69, 9.17) is 4.74 Å². The molecule has 1 aromatic heterocycles. The van der Waals surface area contributed by atoms with Gasteiger partial charge in [0.05, 0.1) is 12.4 Å². The highest BCUT2D eigenvalue weighted by atomic mass is 32.2. The lowest BCUT2D eigenvalue weighted by molar-refractivity contribution is 0.305. The maximum absolute atomic E-state index is 12.2. The van der Waals surface area contributed by atoms with E-state index in [0.717, 1.165) is 24.8 Å². The lowest BCUT2D eigenvalue weighted by Gasteiger charge is -2.32. The molecular weight excluding hydrogens is 378 g/mol. The fourth-order valence-corrected chi connectivity index (χ4v) is 4.59. The summed E-state index contributed by atoms with van der Waals surface area (Å²) in [5.41, 5.74) is 1.03. The monoisotopic (exact) mass is 411 g/mol. The maximum Gasteiger partial charge on any atom is 0.214 e. The number of aromatic nitrogens is 1. The molecule has 0 amide bonds. The van der Waals surface area contributed by atoms with Gasteiger partial charge in [-0.1, -0.05) is 19.9 Å². The molecule has 2 rings (SSSR count). The first-order valence-corrected chi connectivity index (χ1v) is 11.6. The fourth-order valence-electron chi connectivity index (χ4n) is 3.05. The van der Waals surface area contributed by atoms with Gasteiger partial charge in [-0.3, -0.25) is 4.99 Å². The zero-order valence-corrected chi connectivity index (χ0v) is 18.0. The highest BCUT2D eigenvalue weighted by Gasteiger charge is 2.27. The third-order valence-electron chi connectivity index (χ3n) is 4.59. The first-order valence-electron chi connectivity index (χ1n) is 10.0. The van der Waals surface area contributed by atoms with E-state index in [1.807, 2.05) is 19.1 Å². The Morgan fingerprint density at radius 2 is 2.04 bits per heavy atom. The third kappa shape index (κ3) is 6.94. The minimum absolute atomic E-state index is 0.210. The van der Waals surface area contributed by atoms with Gasteiger partial charge in [-0.15, -0.1) is 0 Å². The molecule has 0 aliphatic carbocycles. The van der Waals surface area contributed by atoms with Crippen molar-refractivity contribution in [2.24, 2.45) is 4.99 Å². The Balaban J connectivity index is 1.77. The molecule has 0 radical (unpaired) electrons. The second-order valence-corrected chi connectivity index (χ2v) is 9.00. The summed E-state index contributed by atoms with van der Waals surface area (Å²) in [6.45, 7) is 6.33. The summed E-state index contributed by atoms with van der Waals surface area (Å²) in [5.74, 6) is 1.57. The molecule has 1 aromatic rings. The van der Waals surface area contributed by atoms with Gasteiger partial charge >= 0.3 is 0 Å². The molecule has 0 saturated carbocycles. The van der Waals surface area contributed by atoms with Gasteiger partial charge in [-0.2, -0.15) is 0 Å². The third-order valence-corrected chi connectivity index (χ3v) is 6.66. The number of guanidine groups is 1. The fraction of sp³-hybridized carbons (Fsp3) is 0.684. The van der Waals surface area contributed by atoms with Crippen LogP contribution in [0.25, 0.3) is 0 Å². The number of hydrogen-bond acceptors (Lipinski definition) is 5. The Morgan fingerprint density at radius 1 is 1.29 bits per heavy atom. The molecule has 1 aliphatic rings. The van der Waals surface area contributed by atoms with E-state index >= 15 is 0 Å². The smallest absolute Gasteiger partial charge is 0.214 e. The number of aliphatic imine (C=N–C) groups is 1. The number of piperidine rings is 1. The zero-order valence-electron chi connectivity index (χ0n) is 17.1. The van der Waals surface area contributed by atoms with Crippen LogP contribution in [0.1, 0.15) is 45.1 Å². The SMILES string of the molecule is CCCOc1ccc(CNC(=NC)NC2CCN(S(=O)(=O)CCC)CC2)cn1. The summed E-state index contributed by atoms with van der Waals surface area (Å²) in [5, 5.41) is 6.68. The largest absolute Gasteiger partial charge is 0.478 e. The standard InChI is InChI=1S/C19H33N5O3S/c1-4-12-27-18-7-6-16(14-21-18)15-22-19(20-3)23-17-8-10-24(11-9-17)28(25,26)13-5-2/h6-7,14,17H,4-5,8-13,15H2,1-3H3,(H2,20,22,23). The second kappa shape index (κ2) is 11.2. The molecule has 0 aromatic carbocycles. The Bertz CT molecular complexity index is 714. The minimum Gasteiger partial charge on any atom is -0.478 e. The van der Waals surface area contributed by atoms with Gasteiger partial charge < -0.3 is 15.4 Å². The Labute approximate surface area is 168 Å². The number of ether oxygens (including phenoxy) is 1. The van der Waals surface area contributed by atoms with Crippen LogP contribution in [0.4, 0.5) is 0 Å². The molecule has 0 atom stereocenters. The number of rotatable bonds is 9. The van der Waals surface area contributed by atoms with Crippen molar-refractivity contribution in [1.29, 1.82) is 0 Å². The van der Waals surface area contributed by atoms with Gasteiger partial charge in [-0.05, 0) is 31.2 Å². The van der Waals surface area contributed by atoms with Gasteiger partial charge in [0.2, 0.25) is 15.9 Å². The van der Waals surface area contributed by atoms with Gasteiger partial charge in [-0.25, -0.2) is 17.7 Å². The van der Waals surface area contributed by atoms with Gasteiger partial charge in [0.1, 0.15) is 0 Å².